The lowest BCUT2D eigenvalue weighted by Crippen LogP contribution is -2.43. The quantitative estimate of drug-likeness (QED) is 0.495. The zero-order valence-electron chi connectivity index (χ0n) is 19.4. The van der Waals surface area contributed by atoms with Crippen molar-refractivity contribution in [2.45, 2.75) is 17.9 Å². The van der Waals surface area contributed by atoms with E-state index in [1.54, 1.807) is 6.07 Å². The topological polar surface area (TPSA) is 87.7 Å². The molecule has 1 amide bonds. The fourth-order valence-corrected chi connectivity index (χ4v) is 4.98. The molecular weight excluding hydrogens is 469 g/mol. The lowest BCUT2D eigenvalue weighted by atomic mass is 10.0. The molecule has 1 fully saturated rings. The number of aryl methyl sites for hydroxylation is 1. The van der Waals surface area contributed by atoms with Crippen LogP contribution in [0.2, 0.25) is 0 Å². The molecule has 3 aromatic carbocycles. The van der Waals surface area contributed by atoms with Crippen LogP contribution in [0, 0.1) is 12.7 Å². The maximum Gasteiger partial charge on any atom is 0.262 e. The van der Waals surface area contributed by atoms with Gasteiger partial charge in [0.1, 0.15) is 5.82 Å². The molecule has 1 atom stereocenters. The van der Waals surface area contributed by atoms with Crippen molar-refractivity contribution in [1.82, 2.24) is 10.2 Å². The number of nitrogens with one attached hydrogen (secondary N) is 2. The highest BCUT2D eigenvalue weighted by molar-refractivity contribution is 7.92. The van der Waals surface area contributed by atoms with Crippen LogP contribution < -0.4 is 10.0 Å². The number of anilines is 1. The zero-order valence-corrected chi connectivity index (χ0v) is 20.2. The Labute approximate surface area is 205 Å². The van der Waals surface area contributed by atoms with Crippen LogP contribution in [0.5, 0.6) is 0 Å². The van der Waals surface area contributed by atoms with Gasteiger partial charge in [-0.15, -0.1) is 0 Å². The van der Waals surface area contributed by atoms with Gasteiger partial charge in [-0.3, -0.25) is 14.4 Å². The molecule has 184 valence electrons. The minimum absolute atomic E-state index is 0.131. The molecule has 4 rings (SSSR count). The minimum atomic E-state index is -4.09. The Kier molecular flexibility index (Phi) is 7.80. The van der Waals surface area contributed by atoms with Gasteiger partial charge in [0.25, 0.3) is 15.9 Å². The summed E-state index contributed by atoms with van der Waals surface area (Å²) in [5.41, 5.74) is 2.11. The number of amides is 1. The number of morpholine rings is 1. The van der Waals surface area contributed by atoms with Gasteiger partial charge in [0.2, 0.25) is 0 Å². The number of nitrogens with zero attached hydrogens (tertiary/aromatic N) is 1. The van der Waals surface area contributed by atoms with Crippen molar-refractivity contribution < 1.29 is 22.3 Å². The molecule has 1 aliphatic rings. The number of para-hydroxylation sites is 1. The van der Waals surface area contributed by atoms with Gasteiger partial charge in [0.05, 0.1) is 29.8 Å². The third kappa shape index (κ3) is 6.45. The average Bonchev–Trinajstić information content (AvgIpc) is 2.86. The van der Waals surface area contributed by atoms with Gasteiger partial charge in [-0.2, -0.15) is 0 Å². The van der Waals surface area contributed by atoms with Gasteiger partial charge in [-0.25, -0.2) is 12.8 Å². The molecule has 35 heavy (non-hydrogen) atoms. The molecule has 1 heterocycles. The first-order chi connectivity index (χ1) is 16.8. The molecule has 0 aliphatic carbocycles. The Morgan fingerprint density at radius 2 is 1.74 bits per heavy atom. The van der Waals surface area contributed by atoms with Gasteiger partial charge in [0.15, 0.2) is 0 Å². The second kappa shape index (κ2) is 11.0. The Morgan fingerprint density at radius 3 is 2.46 bits per heavy atom. The van der Waals surface area contributed by atoms with E-state index >= 15 is 0 Å². The second-order valence-corrected chi connectivity index (χ2v) is 10.1. The lowest BCUT2D eigenvalue weighted by molar-refractivity contribution is 0.0332. The monoisotopic (exact) mass is 497 g/mol. The lowest BCUT2D eigenvalue weighted by Gasteiger charge is -2.31. The van der Waals surface area contributed by atoms with Gasteiger partial charge in [-0.1, -0.05) is 48.0 Å². The molecule has 1 aliphatic heterocycles. The molecule has 3 aromatic rings. The van der Waals surface area contributed by atoms with Crippen molar-refractivity contribution >= 4 is 21.6 Å². The number of halogens is 1. The standard InChI is InChI=1S/C26H28FN3O4S/c1-19-9-11-20(12-10-19)25(18-30-13-15-34-16-14-30)28-26(31)21-5-4-6-22(17-21)35(32,33)29-24-8-3-2-7-23(24)27/h2-12,17,25,29H,13-16,18H2,1H3,(H,28,31)/t25-/m0/s1. The Hall–Kier alpha value is -3.27. The predicted octanol–water partition coefficient (Wildman–Crippen LogP) is 3.74. The van der Waals surface area contributed by atoms with Crippen LogP contribution in [-0.4, -0.2) is 52.1 Å². The number of hydrogen-bond donors (Lipinski definition) is 2. The van der Waals surface area contributed by atoms with E-state index in [0.717, 1.165) is 24.2 Å². The van der Waals surface area contributed by atoms with Crippen molar-refractivity contribution in [1.29, 1.82) is 0 Å². The first-order valence-corrected chi connectivity index (χ1v) is 12.8. The Morgan fingerprint density at radius 1 is 1.03 bits per heavy atom. The van der Waals surface area contributed by atoms with E-state index in [0.29, 0.717) is 19.8 Å². The highest BCUT2D eigenvalue weighted by atomic mass is 32.2. The van der Waals surface area contributed by atoms with Gasteiger partial charge in [0, 0.05) is 25.2 Å². The van der Waals surface area contributed by atoms with Crippen LogP contribution >= 0.6 is 0 Å². The van der Waals surface area contributed by atoms with E-state index in [-0.39, 0.29) is 22.2 Å². The van der Waals surface area contributed by atoms with E-state index < -0.39 is 21.7 Å². The molecule has 0 saturated carbocycles. The summed E-state index contributed by atoms with van der Waals surface area (Å²) >= 11 is 0. The van der Waals surface area contributed by atoms with E-state index in [4.69, 9.17) is 4.74 Å². The van der Waals surface area contributed by atoms with Crippen molar-refractivity contribution in [2.75, 3.05) is 37.6 Å². The van der Waals surface area contributed by atoms with Crippen molar-refractivity contribution in [3.63, 3.8) is 0 Å². The maximum atomic E-state index is 14.0. The second-order valence-electron chi connectivity index (χ2n) is 8.46. The van der Waals surface area contributed by atoms with Crippen LogP contribution in [0.3, 0.4) is 0 Å². The summed E-state index contributed by atoms with van der Waals surface area (Å²) < 4.78 is 47.3. The predicted molar refractivity (Wildman–Crippen MR) is 132 cm³/mol. The summed E-state index contributed by atoms with van der Waals surface area (Å²) in [5.74, 6) is -1.08. The minimum Gasteiger partial charge on any atom is -0.379 e. The van der Waals surface area contributed by atoms with Crippen LogP contribution in [0.1, 0.15) is 27.5 Å². The molecule has 9 heteroatoms. The van der Waals surface area contributed by atoms with Crippen molar-refractivity contribution in [2.24, 2.45) is 0 Å². The largest absolute Gasteiger partial charge is 0.379 e. The van der Waals surface area contributed by atoms with Crippen LogP contribution in [0.15, 0.2) is 77.7 Å². The van der Waals surface area contributed by atoms with Crippen molar-refractivity contribution in [3.05, 3.63) is 95.3 Å². The molecule has 0 bridgehead atoms. The molecule has 0 radical (unpaired) electrons. The zero-order chi connectivity index (χ0) is 24.8. The Bertz CT molecular complexity index is 1280. The molecule has 0 aromatic heterocycles. The highest BCUT2D eigenvalue weighted by Crippen LogP contribution is 2.21. The van der Waals surface area contributed by atoms with E-state index in [9.17, 15) is 17.6 Å². The molecular formula is C26H28FN3O4S. The van der Waals surface area contributed by atoms with Gasteiger partial charge >= 0.3 is 0 Å². The van der Waals surface area contributed by atoms with Crippen molar-refractivity contribution in [3.8, 4) is 0 Å². The SMILES string of the molecule is Cc1ccc([C@H](CN2CCOCC2)NC(=O)c2cccc(S(=O)(=O)Nc3ccccc3F)c2)cc1. The van der Waals surface area contributed by atoms with Gasteiger partial charge < -0.3 is 10.1 Å². The highest BCUT2D eigenvalue weighted by Gasteiger charge is 2.22. The maximum absolute atomic E-state index is 14.0. The molecule has 1 saturated heterocycles. The fraction of sp³-hybridized carbons (Fsp3) is 0.269. The van der Waals surface area contributed by atoms with Gasteiger partial charge in [-0.05, 0) is 42.8 Å². The molecule has 2 N–H and O–H groups in total. The number of carbonyl (C=O) groups is 1. The number of carbonyl (C=O) groups excluding carboxylic acids is 1. The fourth-order valence-electron chi connectivity index (χ4n) is 3.87. The average molecular weight is 498 g/mol. The molecule has 0 spiro atoms. The van der Waals surface area contributed by atoms with Crippen LogP contribution in [0.4, 0.5) is 10.1 Å². The molecule has 7 nitrogen and oxygen atoms in total. The third-order valence-electron chi connectivity index (χ3n) is 5.85. The van der Waals surface area contributed by atoms with E-state index in [1.165, 1.54) is 42.5 Å². The van der Waals surface area contributed by atoms with Crippen LogP contribution in [0.25, 0.3) is 0 Å². The summed E-state index contributed by atoms with van der Waals surface area (Å²) in [6, 6.07) is 18.9. The van der Waals surface area contributed by atoms with E-state index in [1.807, 2.05) is 31.2 Å². The summed E-state index contributed by atoms with van der Waals surface area (Å²) in [6.45, 7) is 5.43. The third-order valence-corrected chi connectivity index (χ3v) is 7.22. The first-order valence-electron chi connectivity index (χ1n) is 11.4. The summed E-state index contributed by atoms with van der Waals surface area (Å²) in [5, 5.41) is 3.06. The summed E-state index contributed by atoms with van der Waals surface area (Å²) in [6.07, 6.45) is 0. The smallest absolute Gasteiger partial charge is 0.262 e. The molecule has 0 unspecified atom stereocenters. The van der Waals surface area contributed by atoms with Crippen LogP contribution in [-0.2, 0) is 14.8 Å². The number of rotatable bonds is 8. The summed E-state index contributed by atoms with van der Waals surface area (Å²) in [4.78, 5) is 15.3. The number of hydrogen-bond acceptors (Lipinski definition) is 5. The first kappa shape index (κ1) is 24.8. The Balaban J connectivity index is 1.54. The number of benzene rings is 3. The van der Waals surface area contributed by atoms with E-state index in [2.05, 4.69) is 14.9 Å². The summed E-state index contributed by atoms with van der Waals surface area (Å²) in [7, 11) is -4.09. The number of sulfonamides is 1. The number of ether oxygens (including phenoxy) is 1. The normalized spacial score (nSPS) is 15.4.